The quantitative estimate of drug-likeness (QED) is 0.897. The Labute approximate surface area is 118 Å². The number of amides is 2. The third-order valence-electron chi connectivity index (χ3n) is 3.77. The van der Waals surface area contributed by atoms with Crippen LogP contribution in [0.25, 0.3) is 0 Å². The second kappa shape index (κ2) is 5.41. The van der Waals surface area contributed by atoms with E-state index in [2.05, 4.69) is 5.32 Å². The van der Waals surface area contributed by atoms with Crippen molar-refractivity contribution in [3.05, 3.63) is 54.0 Å². The van der Waals surface area contributed by atoms with Crippen molar-refractivity contribution in [3.8, 4) is 0 Å². The molecule has 1 aromatic heterocycles. The number of hydrogen-bond acceptors (Lipinski definition) is 2. The second-order valence-corrected chi connectivity index (χ2v) is 5.11. The van der Waals surface area contributed by atoms with Crippen LogP contribution in [0.4, 0.5) is 10.5 Å². The van der Waals surface area contributed by atoms with Gasteiger partial charge in [0.15, 0.2) is 0 Å². The summed E-state index contributed by atoms with van der Waals surface area (Å²) in [5.74, 6) is 0.863. The van der Waals surface area contributed by atoms with E-state index in [-0.39, 0.29) is 12.1 Å². The number of para-hydroxylation sites is 1. The molecule has 1 aliphatic heterocycles. The number of nitrogens with one attached hydrogen (secondary N) is 1. The van der Waals surface area contributed by atoms with Gasteiger partial charge in [0.1, 0.15) is 5.76 Å². The molecule has 0 aliphatic carbocycles. The summed E-state index contributed by atoms with van der Waals surface area (Å²) >= 11 is 0. The summed E-state index contributed by atoms with van der Waals surface area (Å²) < 4.78 is 5.45. The maximum atomic E-state index is 12.4. The molecule has 2 amide bonds. The van der Waals surface area contributed by atoms with Crippen LogP contribution in [-0.2, 0) is 0 Å². The van der Waals surface area contributed by atoms with E-state index in [4.69, 9.17) is 4.42 Å². The Bertz CT molecular complexity index is 592. The molecule has 2 aromatic rings. The van der Waals surface area contributed by atoms with E-state index >= 15 is 0 Å². The Kier molecular flexibility index (Phi) is 3.46. The number of carbonyl (C=O) groups excluding carboxylic acids is 1. The van der Waals surface area contributed by atoms with Gasteiger partial charge in [-0.25, -0.2) is 4.79 Å². The van der Waals surface area contributed by atoms with E-state index in [1.54, 1.807) is 6.26 Å². The normalized spacial score (nSPS) is 18.2. The number of rotatable bonds is 2. The van der Waals surface area contributed by atoms with E-state index in [0.717, 1.165) is 36.4 Å². The summed E-state index contributed by atoms with van der Waals surface area (Å²) in [5, 5.41) is 2.99. The number of carbonyl (C=O) groups is 1. The van der Waals surface area contributed by atoms with Gasteiger partial charge in [-0.05, 0) is 43.5 Å². The van der Waals surface area contributed by atoms with E-state index < -0.39 is 0 Å². The Morgan fingerprint density at radius 1 is 1.30 bits per heavy atom. The highest BCUT2D eigenvalue weighted by Crippen LogP contribution is 2.32. The first-order valence-corrected chi connectivity index (χ1v) is 6.92. The van der Waals surface area contributed by atoms with Crippen molar-refractivity contribution in [2.45, 2.75) is 25.8 Å². The summed E-state index contributed by atoms with van der Waals surface area (Å²) in [5.41, 5.74) is 1.93. The highest BCUT2D eigenvalue weighted by molar-refractivity contribution is 5.90. The van der Waals surface area contributed by atoms with Crippen LogP contribution in [0.1, 0.15) is 30.2 Å². The van der Waals surface area contributed by atoms with Crippen molar-refractivity contribution in [3.63, 3.8) is 0 Å². The Balaban J connectivity index is 1.75. The predicted molar refractivity (Wildman–Crippen MR) is 77.6 cm³/mol. The molecule has 0 spiro atoms. The molecule has 1 saturated heterocycles. The number of furan rings is 1. The zero-order valence-corrected chi connectivity index (χ0v) is 11.5. The van der Waals surface area contributed by atoms with Crippen LogP contribution in [0.3, 0.4) is 0 Å². The molecule has 104 valence electrons. The number of aryl methyl sites for hydroxylation is 1. The van der Waals surface area contributed by atoms with Gasteiger partial charge in [-0.1, -0.05) is 18.2 Å². The standard InChI is InChI=1S/C16H18N2O2/c1-12-6-2-3-7-13(12)17-16(19)18-10-4-8-14(18)15-9-5-11-20-15/h2-3,5-7,9,11,14H,4,8,10H2,1H3,(H,17,19)/t14-/m1/s1. The molecule has 4 nitrogen and oxygen atoms in total. The van der Waals surface area contributed by atoms with Gasteiger partial charge in [0.2, 0.25) is 0 Å². The largest absolute Gasteiger partial charge is 0.467 e. The molecule has 1 aromatic carbocycles. The van der Waals surface area contributed by atoms with E-state index in [0.29, 0.717) is 0 Å². The lowest BCUT2D eigenvalue weighted by molar-refractivity contribution is 0.200. The van der Waals surface area contributed by atoms with Crippen molar-refractivity contribution in [2.24, 2.45) is 0 Å². The highest BCUT2D eigenvalue weighted by Gasteiger charge is 2.31. The SMILES string of the molecule is Cc1ccccc1NC(=O)N1CCC[C@@H]1c1ccco1. The molecule has 20 heavy (non-hydrogen) atoms. The van der Waals surface area contributed by atoms with E-state index in [1.165, 1.54) is 0 Å². The molecule has 4 heteroatoms. The second-order valence-electron chi connectivity index (χ2n) is 5.11. The van der Waals surface area contributed by atoms with E-state index in [9.17, 15) is 4.79 Å². The molecule has 0 saturated carbocycles. The van der Waals surface area contributed by atoms with Gasteiger partial charge in [0.05, 0.1) is 12.3 Å². The third kappa shape index (κ3) is 2.41. The average molecular weight is 270 g/mol. The topological polar surface area (TPSA) is 45.5 Å². The van der Waals surface area contributed by atoms with Gasteiger partial charge in [0.25, 0.3) is 0 Å². The van der Waals surface area contributed by atoms with Gasteiger partial charge >= 0.3 is 6.03 Å². The van der Waals surface area contributed by atoms with Gasteiger partial charge in [0, 0.05) is 12.2 Å². The fourth-order valence-corrected chi connectivity index (χ4v) is 2.69. The molecule has 2 heterocycles. The first-order chi connectivity index (χ1) is 9.75. The summed E-state index contributed by atoms with van der Waals surface area (Å²) in [7, 11) is 0. The molecular formula is C16H18N2O2. The maximum absolute atomic E-state index is 12.4. The van der Waals surface area contributed by atoms with Crippen molar-refractivity contribution in [2.75, 3.05) is 11.9 Å². The van der Waals surface area contributed by atoms with Crippen molar-refractivity contribution in [1.82, 2.24) is 4.90 Å². The summed E-state index contributed by atoms with van der Waals surface area (Å²) in [6.45, 7) is 2.76. The van der Waals surface area contributed by atoms with Crippen LogP contribution in [0.2, 0.25) is 0 Å². The number of benzene rings is 1. The molecule has 1 aliphatic rings. The number of nitrogens with zero attached hydrogens (tertiary/aromatic N) is 1. The molecule has 0 radical (unpaired) electrons. The van der Waals surface area contributed by atoms with Gasteiger partial charge < -0.3 is 14.6 Å². The van der Waals surface area contributed by atoms with Crippen LogP contribution >= 0.6 is 0 Å². The molecule has 0 bridgehead atoms. The van der Waals surface area contributed by atoms with Gasteiger partial charge in [-0.3, -0.25) is 0 Å². The maximum Gasteiger partial charge on any atom is 0.322 e. The summed E-state index contributed by atoms with van der Waals surface area (Å²) in [4.78, 5) is 14.3. The molecule has 3 rings (SSSR count). The minimum absolute atomic E-state index is 0.0500. The smallest absolute Gasteiger partial charge is 0.322 e. The summed E-state index contributed by atoms with van der Waals surface area (Å²) in [6, 6.07) is 11.6. The first kappa shape index (κ1) is 12.8. The van der Waals surface area contributed by atoms with Crippen molar-refractivity contribution < 1.29 is 9.21 Å². The van der Waals surface area contributed by atoms with Crippen molar-refractivity contribution >= 4 is 11.7 Å². The van der Waals surface area contributed by atoms with Gasteiger partial charge in [-0.15, -0.1) is 0 Å². The Hall–Kier alpha value is -2.23. The zero-order valence-electron chi connectivity index (χ0n) is 11.5. The molecule has 1 N–H and O–H groups in total. The van der Waals surface area contributed by atoms with Gasteiger partial charge in [-0.2, -0.15) is 0 Å². The average Bonchev–Trinajstić information content (AvgIpc) is 3.11. The molecule has 0 unspecified atom stereocenters. The Morgan fingerprint density at radius 3 is 2.90 bits per heavy atom. The highest BCUT2D eigenvalue weighted by atomic mass is 16.3. The molecule has 1 fully saturated rings. The third-order valence-corrected chi connectivity index (χ3v) is 3.77. The van der Waals surface area contributed by atoms with Crippen LogP contribution < -0.4 is 5.32 Å². The number of anilines is 1. The predicted octanol–water partition coefficient (Wildman–Crippen LogP) is 3.96. The molecule has 1 atom stereocenters. The summed E-state index contributed by atoms with van der Waals surface area (Å²) in [6.07, 6.45) is 3.62. The fraction of sp³-hybridized carbons (Fsp3) is 0.312. The van der Waals surface area contributed by atoms with Crippen LogP contribution in [0, 0.1) is 6.92 Å². The number of urea groups is 1. The molecular weight excluding hydrogens is 252 g/mol. The van der Waals surface area contributed by atoms with E-state index in [1.807, 2.05) is 48.2 Å². The lowest BCUT2D eigenvalue weighted by atomic mass is 10.1. The first-order valence-electron chi connectivity index (χ1n) is 6.92. The van der Waals surface area contributed by atoms with Crippen LogP contribution in [0.15, 0.2) is 47.1 Å². The fourth-order valence-electron chi connectivity index (χ4n) is 2.69. The van der Waals surface area contributed by atoms with Crippen molar-refractivity contribution in [1.29, 1.82) is 0 Å². The minimum atomic E-state index is -0.0572. The van der Waals surface area contributed by atoms with Crippen LogP contribution in [-0.4, -0.2) is 17.5 Å². The lowest BCUT2D eigenvalue weighted by Gasteiger charge is -2.23. The monoisotopic (exact) mass is 270 g/mol. The number of hydrogen-bond donors (Lipinski definition) is 1. The number of likely N-dealkylation sites (tertiary alicyclic amines) is 1. The minimum Gasteiger partial charge on any atom is -0.467 e. The lowest BCUT2D eigenvalue weighted by Crippen LogP contribution is -2.34. The Morgan fingerprint density at radius 2 is 2.15 bits per heavy atom. The zero-order chi connectivity index (χ0) is 13.9. The van der Waals surface area contributed by atoms with Crippen LogP contribution in [0.5, 0.6) is 0 Å².